The third-order valence-electron chi connectivity index (χ3n) is 2.78. The summed E-state index contributed by atoms with van der Waals surface area (Å²) in [6.07, 6.45) is 2.08. The van der Waals surface area contributed by atoms with Crippen LogP contribution in [0, 0.1) is 18.3 Å². The van der Waals surface area contributed by atoms with Gasteiger partial charge in [-0.15, -0.1) is 0 Å². The molecule has 0 fully saturated rings. The predicted octanol–water partition coefficient (Wildman–Crippen LogP) is 2.09. The summed E-state index contributed by atoms with van der Waals surface area (Å²) in [6.45, 7) is 2.51. The standard InChI is InChI=1S/C14H14N4O/c1-11-6-8-16-18(11)9-7-14(19)17-13-4-2-12(10-15)3-5-13/h2-6,8H,7,9H2,1H3,(H,17,19). The maximum atomic E-state index is 11.8. The van der Waals surface area contributed by atoms with Crippen molar-refractivity contribution in [3.8, 4) is 6.07 Å². The molecule has 2 rings (SSSR count). The number of carbonyl (C=O) groups excluding carboxylic acids is 1. The first-order chi connectivity index (χ1) is 9.19. The van der Waals surface area contributed by atoms with E-state index in [4.69, 9.17) is 5.26 Å². The van der Waals surface area contributed by atoms with Crippen LogP contribution in [-0.4, -0.2) is 15.7 Å². The van der Waals surface area contributed by atoms with Crippen LogP contribution in [0.3, 0.4) is 0 Å². The lowest BCUT2D eigenvalue weighted by molar-refractivity contribution is -0.116. The van der Waals surface area contributed by atoms with E-state index in [2.05, 4.69) is 10.4 Å². The molecular weight excluding hydrogens is 240 g/mol. The first-order valence-corrected chi connectivity index (χ1v) is 5.97. The minimum Gasteiger partial charge on any atom is -0.326 e. The Morgan fingerprint density at radius 3 is 2.68 bits per heavy atom. The average molecular weight is 254 g/mol. The van der Waals surface area contributed by atoms with Gasteiger partial charge in [0.1, 0.15) is 0 Å². The second-order valence-electron chi connectivity index (χ2n) is 4.18. The van der Waals surface area contributed by atoms with Crippen molar-refractivity contribution in [1.29, 1.82) is 5.26 Å². The lowest BCUT2D eigenvalue weighted by Gasteiger charge is -2.06. The van der Waals surface area contributed by atoms with Crippen LogP contribution in [0.15, 0.2) is 36.5 Å². The SMILES string of the molecule is Cc1ccnn1CCC(=O)Nc1ccc(C#N)cc1. The smallest absolute Gasteiger partial charge is 0.226 e. The number of anilines is 1. The number of carbonyl (C=O) groups is 1. The second kappa shape index (κ2) is 5.83. The zero-order valence-electron chi connectivity index (χ0n) is 10.6. The van der Waals surface area contributed by atoms with Crippen LogP contribution < -0.4 is 5.32 Å². The molecule has 1 aromatic carbocycles. The molecule has 1 aromatic heterocycles. The molecule has 0 radical (unpaired) electrons. The van der Waals surface area contributed by atoms with Gasteiger partial charge in [0, 0.05) is 30.5 Å². The van der Waals surface area contributed by atoms with Crippen molar-refractivity contribution in [2.75, 3.05) is 5.32 Å². The van der Waals surface area contributed by atoms with Gasteiger partial charge in [0.15, 0.2) is 0 Å². The van der Waals surface area contributed by atoms with E-state index in [9.17, 15) is 4.79 Å². The topological polar surface area (TPSA) is 70.7 Å². The van der Waals surface area contributed by atoms with Crippen molar-refractivity contribution in [3.05, 3.63) is 47.8 Å². The summed E-state index contributed by atoms with van der Waals surface area (Å²) in [5.74, 6) is -0.0698. The number of nitrogens with one attached hydrogen (secondary N) is 1. The molecule has 96 valence electrons. The van der Waals surface area contributed by atoms with Crippen molar-refractivity contribution in [2.24, 2.45) is 0 Å². The fourth-order valence-corrected chi connectivity index (χ4v) is 1.69. The summed E-state index contributed by atoms with van der Waals surface area (Å²) in [5, 5.41) is 15.6. The van der Waals surface area contributed by atoms with Gasteiger partial charge >= 0.3 is 0 Å². The zero-order chi connectivity index (χ0) is 13.7. The van der Waals surface area contributed by atoms with Gasteiger partial charge in [0.25, 0.3) is 0 Å². The van der Waals surface area contributed by atoms with Crippen molar-refractivity contribution >= 4 is 11.6 Å². The number of hydrogen-bond donors (Lipinski definition) is 1. The van der Waals surface area contributed by atoms with Crippen LogP contribution in [0.2, 0.25) is 0 Å². The maximum Gasteiger partial charge on any atom is 0.226 e. The number of hydrogen-bond acceptors (Lipinski definition) is 3. The van der Waals surface area contributed by atoms with Crippen LogP contribution in [0.25, 0.3) is 0 Å². The third kappa shape index (κ3) is 3.42. The highest BCUT2D eigenvalue weighted by Crippen LogP contribution is 2.09. The van der Waals surface area contributed by atoms with Crippen LogP contribution in [-0.2, 0) is 11.3 Å². The summed E-state index contributed by atoms with van der Waals surface area (Å²) in [4.78, 5) is 11.8. The molecule has 0 spiro atoms. The molecule has 0 unspecified atom stereocenters. The fraction of sp³-hybridized carbons (Fsp3) is 0.214. The third-order valence-corrected chi connectivity index (χ3v) is 2.78. The molecular formula is C14H14N4O. The molecule has 1 heterocycles. The number of aryl methyl sites for hydroxylation is 2. The fourth-order valence-electron chi connectivity index (χ4n) is 1.69. The first kappa shape index (κ1) is 12.8. The van der Waals surface area contributed by atoms with E-state index < -0.39 is 0 Å². The van der Waals surface area contributed by atoms with Crippen molar-refractivity contribution in [2.45, 2.75) is 19.9 Å². The molecule has 5 heteroatoms. The molecule has 1 N–H and O–H groups in total. The minimum absolute atomic E-state index is 0.0698. The molecule has 19 heavy (non-hydrogen) atoms. The number of rotatable bonds is 4. The predicted molar refractivity (Wildman–Crippen MR) is 71.4 cm³/mol. The van der Waals surface area contributed by atoms with Crippen LogP contribution in [0.5, 0.6) is 0 Å². The Morgan fingerprint density at radius 1 is 1.37 bits per heavy atom. The molecule has 0 aliphatic heterocycles. The Kier molecular flexibility index (Phi) is 3.94. The molecule has 0 saturated heterocycles. The molecule has 5 nitrogen and oxygen atoms in total. The van der Waals surface area contributed by atoms with Gasteiger partial charge in [0.05, 0.1) is 11.6 Å². The van der Waals surface area contributed by atoms with Crippen LogP contribution in [0.1, 0.15) is 17.7 Å². The molecule has 0 saturated carbocycles. The van der Waals surface area contributed by atoms with Gasteiger partial charge in [-0.3, -0.25) is 9.48 Å². The summed E-state index contributed by atoms with van der Waals surface area (Å²) < 4.78 is 1.79. The normalized spacial score (nSPS) is 9.89. The van der Waals surface area contributed by atoms with E-state index in [1.165, 1.54) is 0 Å². The summed E-state index contributed by atoms with van der Waals surface area (Å²) in [5.41, 5.74) is 2.30. The number of benzene rings is 1. The maximum absolute atomic E-state index is 11.8. The number of nitrogens with zero attached hydrogens (tertiary/aromatic N) is 3. The molecule has 1 amide bonds. The Bertz CT molecular complexity index is 607. The highest BCUT2D eigenvalue weighted by molar-refractivity contribution is 5.90. The summed E-state index contributed by atoms with van der Waals surface area (Å²) >= 11 is 0. The van der Waals surface area contributed by atoms with E-state index in [1.807, 2.05) is 19.1 Å². The van der Waals surface area contributed by atoms with Gasteiger partial charge in [-0.1, -0.05) is 0 Å². The Hall–Kier alpha value is -2.61. The van der Waals surface area contributed by atoms with E-state index in [0.717, 1.165) is 5.69 Å². The monoisotopic (exact) mass is 254 g/mol. The molecule has 0 aliphatic carbocycles. The molecule has 0 bridgehead atoms. The Labute approximate surface area is 111 Å². The number of aromatic nitrogens is 2. The summed E-state index contributed by atoms with van der Waals surface area (Å²) in [7, 11) is 0. The average Bonchev–Trinajstić information content (AvgIpc) is 2.83. The lowest BCUT2D eigenvalue weighted by Crippen LogP contribution is -2.15. The second-order valence-corrected chi connectivity index (χ2v) is 4.18. The lowest BCUT2D eigenvalue weighted by atomic mass is 10.2. The van der Waals surface area contributed by atoms with Crippen LogP contribution >= 0.6 is 0 Å². The van der Waals surface area contributed by atoms with Gasteiger partial charge in [-0.05, 0) is 37.3 Å². The van der Waals surface area contributed by atoms with Gasteiger partial charge < -0.3 is 5.32 Å². The first-order valence-electron chi connectivity index (χ1n) is 5.97. The zero-order valence-corrected chi connectivity index (χ0v) is 10.6. The Balaban J connectivity index is 1.87. The highest BCUT2D eigenvalue weighted by Gasteiger charge is 2.04. The van der Waals surface area contributed by atoms with E-state index >= 15 is 0 Å². The molecule has 2 aromatic rings. The van der Waals surface area contributed by atoms with Gasteiger partial charge in [0.2, 0.25) is 5.91 Å². The molecule has 0 aliphatic rings. The Morgan fingerprint density at radius 2 is 2.11 bits per heavy atom. The van der Waals surface area contributed by atoms with Crippen molar-refractivity contribution in [1.82, 2.24) is 9.78 Å². The quantitative estimate of drug-likeness (QED) is 0.908. The van der Waals surface area contributed by atoms with Crippen molar-refractivity contribution < 1.29 is 4.79 Å². The number of nitriles is 1. The van der Waals surface area contributed by atoms with E-state index in [-0.39, 0.29) is 5.91 Å². The summed E-state index contributed by atoms with van der Waals surface area (Å²) in [6, 6.07) is 10.7. The van der Waals surface area contributed by atoms with E-state index in [1.54, 1.807) is 35.1 Å². The molecule has 0 atom stereocenters. The van der Waals surface area contributed by atoms with Crippen LogP contribution in [0.4, 0.5) is 5.69 Å². The number of amides is 1. The highest BCUT2D eigenvalue weighted by atomic mass is 16.1. The van der Waals surface area contributed by atoms with Gasteiger partial charge in [-0.2, -0.15) is 10.4 Å². The largest absolute Gasteiger partial charge is 0.326 e. The minimum atomic E-state index is -0.0698. The van der Waals surface area contributed by atoms with Crippen molar-refractivity contribution in [3.63, 3.8) is 0 Å². The van der Waals surface area contributed by atoms with Gasteiger partial charge in [-0.25, -0.2) is 0 Å². The van der Waals surface area contributed by atoms with E-state index in [0.29, 0.717) is 24.2 Å².